The average molecular weight is 322 g/mol. The minimum Gasteiger partial charge on any atom is -0.349 e. The predicted octanol–water partition coefficient (Wildman–Crippen LogP) is 0.466. The largest absolute Gasteiger partial charge is 0.349 e. The van der Waals surface area contributed by atoms with Crippen molar-refractivity contribution in [3.8, 4) is 0 Å². The first-order valence-corrected chi connectivity index (χ1v) is 7.58. The number of aryl methyl sites for hydroxylation is 1. The van der Waals surface area contributed by atoms with Gasteiger partial charge in [0.25, 0.3) is 11.5 Å². The number of rotatable bonds is 5. The van der Waals surface area contributed by atoms with Gasteiger partial charge in [0, 0.05) is 17.5 Å². The van der Waals surface area contributed by atoms with E-state index in [0.29, 0.717) is 6.54 Å². The van der Waals surface area contributed by atoms with E-state index in [0.717, 1.165) is 6.07 Å². The van der Waals surface area contributed by atoms with Crippen LogP contribution in [0.2, 0.25) is 0 Å². The van der Waals surface area contributed by atoms with Gasteiger partial charge in [0.15, 0.2) is 0 Å². The number of hydrogen-bond donors (Lipinski definition) is 3. The van der Waals surface area contributed by atoms with Crippen LogP contribution in [-0.2, 0) is 0 Å². The number of likely N-dealkylation sites (N-methyl/N-ethyl adjacent to an activating group) is 1. The number of carbonyl (C=O) groups is 1. The van der Waals surface area contributed by atoms with E-state index in [4.69, 9.17) is 0 Å². The van der Waals surface area contributed by atoms with E-state index in [1.54, 1.807) is 11.3 Å². The van der Waals surface area contributed by atoms with Gasteiger partial charge in [0.05, 0.1) is 6.04 Å². The summed E-state index contributed by atoms with van der Waals surface area (Å²) < 4.78 is 0. The van der Waals surface area contributed by atoms with Crippen LogP contribution in [0.15, 0.2) is 27.1 Å². The molecule has 22 heavy (non-hydrogen) atoms. The molecule has 0 bridgehead atoms. The Morgan fingerprint density at radius 1 is 1.36 bits per heavy atom. The highest BCUT2D eigenvalue weighted by Crippen LogP contribution is 2.26. The van der Waals surface area contributed by atoms with E-state index in [1.165, 1.54) is 10.4 Å². The minimum atomic E-state index is -0.698. The van der Waals surface area contributed by atoms with Crippen LogP contribution in [0.4, 0.5) is 0 Å². The van der Waals surface area contributed by atoms with Gasteiger partial charge >= 0.3 is 5.69 Å². The summed E-state index contributed by atoms with van der Waals surface area (Å²) in [5.41, 5.74) is -0.181. The van der Waals surface area contributed by atoms with Crippen molar-refractivity contribution in [1.82, 2.24) is 20.2 Å². The van der Waals surface area contributed by atoms with Crippen LogP contribution in [0.3, 0.4) is 0 Å². The molecule has 1 atom stereocenters. The normalized spacial score (nSPS) is 12.4. The van der Waals surface area contributed by atoms with Crippen LogP contribution in [0.1, 0.15) is 27.0 Å². The number of nitrogens with one attached hydrogen (secondary N) is 3. The summed E-state index contributed by atoms with van der Waals surface area (Å²) in [4.78, 5) is 42.0. The van der Waals surface area contributed by atoms with Crippen molar-refractivity contribution in [1.29, 1.82) is 0 Å². The van der Waals surface area contributed by atoms with E-state index < -0.39 is 17.2 Å². The number of amides is 1. The molecule has 0 aliphatic heterocycles. The number of aromatic nitrogens is 2. The third-order valence-electron chi connectivity index (χ3n) is 3.29. The standard InChI is InChI=1S/C14H18N4O3S/c1-8-4-5-22-12(8)10(18(2)3)7-15-13(20)9-6-11(19)17-14(21)16-9/h4-6,10H,7H2,1-3H3,(H,15,20)(H2,16,17,19,21). The van der Waals surface area contributed by atoms with Crippen molar-refractivity contribution in [2.45, 2.75) is 13.0 Å². The van der Waals surface area contributed by atoms with E-state index in [1.807, 2.05) is 42.3 Å². The molecule has 118 valence electrons. The van der Waals surface area contributed by atoms with E-state index in [9.17, 15) is 14.4 Å². The molecule has 1 unspecified atom stereocenters. The first kappa shape index (κ1) is 16.2. The number of H-pyrrole nitrogens is 2. The average Bonchev–Trinajstić information content (AvgIpc) is 2.83. The van der Waals surface area contributed by atoms with Gasteiger partial charge in [0.1, 0.15) is 5.69 Å². The van der Waals surface area contributed by atoms with Crippen LogP contribution in [0.5, 0.6) is 0 Å². The molecule has 0 radical (unpaired) electrons. The molecule has 8 heteroatoms. The number of aromatic amines is 2. The lowest BCUT2D eigenvalue weighted by molar-refractivity contribution is 0.0936. The molecule has 2 heterocycles. The van der Waals surface area contributed by atoms with E-state index >= 15 is 0 Å². The van der Waals surface area contributed by atoms with Gasteiger partial charge in [-0.25, -0.2) is 4.79 Å². The molecule has 0 saturated carbocycles. The molecular weight excluding hydrogens is 304 g/mol. The summed E-state index contributed by atoms with van der Waals surface area (Å²) in [6, 6.07) is 3.13. The molecule has 0 fully saturated rings. The second-order valence-electron chi connectivity index (χ2n) is 5.16. The molecule has 7 nitrogen and oxygen atoms in total. The quantitative estimate of drug-likeness (QED) is 0.745. The highest BCUT2D eigenvalue weighted by atomic mass is 32.1. The Balaban J connectivity index is 2.13. The number of carbonyl (C=O) groups excluding carboxylic acids is 1. The first-order valence-electron chi connectivity index (χ1n) is 6.70. The Kier molecular flexibility index (Phi) is 4.94. The Morgan fingerprint density at radius 3 is 2.64 bits per heavy atom. The van der Waals surface area contributed by atoms with Crippen molar-refractivity contribution in [2.24, 2.45) is 0 Å². The van der Waals surface area contributed by atoms with Gasteiger partial charge in [-0.3, -0.25) is 14.6 Å². The lowest BCUT2D eigenvalue weighted by atomic mass is 10.1. The van der Waals surface area contributed by atoms with Crippen LogP contribution in [-0.4, -0.2) is 41.4 Å². The highest BCUT2D eigenvalue weighted by Gasteiger charge is 2.19. The fourth-order valence-corrected chi connectivity index (χ4v) is 3.24. The predicted molar refractivity (Wildman–Crippen MR) is 85.5 cm³/mol. The van der Waals surface area contributed by atoms with Crippen LogP contribution < -0.4 is 16.6 Å². The summed E-state index contributed by atoms with van der Waals surface area (Å²) in [6.45, 7) is 2.40. The van der Waals surface area contributed by atoms with Crippen LogP contribution in [0, 0.1) is 6.92 Å². The zero-order valence-electron chi connectivity index (χ0n) is 12.6. The summed E-state index contributed by atoms with van der Waals surface area (Å²) in [5, 5.41) is 4.76. The Hall–Kier alpha value is -2.19. The van der Waals surface area contributed by atoms with Crippen LogP contribution in [0.25, 0.3) is 0 Å². The van der Waals surface area contributed by atoms with Gasteiger partial charge in [0.2, 0.25) is 0 Å². The molecule has 3 N–H and O–H groups in total. The van der Waals surface area contributed by atoms with Crippen LogP contribution >= 0.6 is 11.3 Å². The summed E-state index contributed by atoms with van der Waals surface area (Å²) in [7, 11) is 3.87. The van der Waals surface area contributed by atoms with Crippen molar-refractivity contribution < 1.29 is 4.79 Å². The molecule has 0 saturated heterocycles. The number of nitrogens with zero attached hydrogens (tertiary/aromatic N) is 1. The summed E-state index contributed by atoms with van der Waals surface area (Å²) in [6.07, 6.45) is 0. The molecular formula is C14H18N4O3S. The molecule has 0 aromatic carbocycles. The van der Waals surface area contributed by atoms with Gasteiger partial charge < -0.3 is 15.2 Å². The van der Waals surface area contributed by atoms with Crippen molar-refractivity contribution in [2.75, 3.05) is 20.6 Å². The second kappa shape index (κ2) is 6.71. The lowest BCUT2D eigenvalue weighted by Crippen LogP contribution is -2.36. The maximum Gasteiger partial charge on any atom is 0.326 e. The third-order valence-corrected chi connectivity index (χ3v) is 4.41. The lowest BCUT2D eigenvalue weighted by Gasteiger charge is -2.24. The van der Waals surface area contributed by atoms with Gasteiger partial charge in [-0.05, 0) is 38.0 Å². The number of thiophene rings is 1. The Morgan fingerprint density at radius 2 is 2.09 bits per heavy atom. The molecule has 0 spiro atoms. The zero-order chi connectivity index (χ0) is 16.3. The smallest absolute Gasteiger partial charge is 0.326 e. The minimum absolute atomic E-state index is 0.0256. The first-order chi connectivity index (χ1) is 10.4. The fraction of sp³-hybridized carbons (Fsp3) is 0.357. The fourth-order valence-electron chi connectivity index (χ4n) is 2.11. The Labute approximate surface area is 131 Å². The molecule has 1 amide bonds. The topological polar surface area (TPSA) is 98.1 Å². The number of hydrogen-bond acceptors (Lipinski definition) is 5. The van der Waals surface area contributed by atoms with E-state index in [-0.39, 0.29) is 11.7 Å². The monoisotopic (exact) mass is 322 g/mol. The molecule has 0 aliphatic carbocycles. The maximum atomic E-state index is 12.1. The summed E-state index contributed by atoms with van der Waals surface area (Å²) in [5.74, 6) is -0.482. The second-order valence-corrected chi connectivity index (χ2v) is 6.11. The zero-order valence-corrected chi connectivity index (χ0v) is 13.4. The van der Waals surface area contributed by atoms with Crippen molar-refractivity contribution in [3.05, 3.63) is 54.5 Å². The van der Waals surface area contributed by atoms with Gasteiger partial charge in [-0.2, -0.15) is 0 Å². The SMILES string of the molecule is Cc1ccsc1C(CNC(=O)c1cc(=O)[nH]c(=O)[nH]1)N(C)C. The molecule has 0 aliphatic rings. The van der Waals surface area contributed by atoms with Crippen molar-refractivity contribution in [3.63, 3.8) is 0 Å². The van der Waals surface area contributed by atoms with Gasteiger partial charge in [-0.1, -0.05) is 0 Å². The highest BCUT2D eigenvalue weighted by molar-refractivity contribution is 7.10. The summed E-state index contributed by atoms with van der Waals surface area (Å²) >= 11 is 1.63. The van der Waals surface area contributed by atoms with E-state index in [2.05, 4.69) is 10.3 Å². The molecule has 2 aromatic rings. The Bertz CT molecular complexity index is 746. The third kappa shape index (κ3) is 3.71. The maximum absolute atomic E-state index is 12.1. The van der Waals surface area contributed by atoms with Crippen molar-refractivity contribution >= 4 is 17.2 Å². The molecule has 2 rings (SSSR count). The molecule has 2 aromatic heterocycles. The van der Waals surface area contributed by atoms with Gasteiger partial charge in [-0.15, -0.1) is 11.3 Å².